The van der Waals surface area contributed by atoms with Gasteiger partial charge in [0.2, 0.25) is 0 Å². The van der Waals surface area contributed by atoms with Gasteiger partial charge in [0, 0.05) is 19.3 Å². The topological polar surface area (TPSA) is 78.9 Å². The van der Waals surface area contributed by atoms with Crippen LogP contribution in [-0.4, -0.2) is 37.2 Å². The van der Waals surface area contributed by atoms with Gasteiger partial charge in [-0.1, -0.05) is 252 Å². The second-order valence-electron chi connectivity index (χ2n) is 19.1. The number of carbonyl (C=O) groups excluding carboxylic acids is 3. The number of ether oxygens (including phenoxy) is 3. The van der Waals surface area contributed by atoms with Gasteiger partial charge in [0.15, 0.2) is 6.10 Å². The van der Waals surface area contributed by atoms with Crippen molar-refractivity contribution in [1.29, 1.82) is 0 Å². The molecule has 6 nitrogen and oxygen atoms in total. The molecule has 0 aliphatic heterocycles. The Morgan fingerprint density at radius 3 is 0.873 bits per heavy atom. The Morgan fingerprint density at radius 2 is 0.549 bits per heavy atom. The predicted octanol–water partition coefficient (Wildman–Crippen LogP) is 19.9. The van der Waals surface area contributed by atoms with Crippen LogP contribution in [0, 0.1) is 0 Å². The number of hydrogen-bond acceptors (Lipinski definition) is 6. The second kappa shape index (κ2) is 58.6. The van der Waals surface area contributed by atoms with Crippen LogP contribution in [0.25, 0.3) is 0 Å². The van der Waals surface area contributed by atoms with Crippen LogP contribution < -0.4 is 0 Å². The minimum atomic E-state index is -0.801. The van der Waals surface area contributed by atoms with E-state index < -0.39 is 6.10 Å². The molecule has 0 fully saturated rings. The number of hydrogen-bond donors (Lipinski definition) is 0. The summed E-state index contributed by atoms with van der Waals surface area (Å²) in [7, 11) is 0. The van der Waals surface area contributed by atoms with E-state index in [1.54, 1.807) is 0 Å². The summed E-state index contributed by atoms with van der Waals surface area (Å²) in [5.41, 5.74) is 0. The van der Waals surface area contributed by atoms with Crippen LogP contribution >= 0.6 is 0 Å². The Labute approximate surface area is 438 Å². The summed E-state index contributed by atoms with van der Waals surface area (Å²) < 4.78 is 16.8. The van der Waals surface area contributed by atoms with Gasteiger partial charge in [-0.25, -0.2) is 0 Å². The lowest BCUT2D eigenvalue weighted by Crippen LogP contribution is -2.30. The van der Waals surface area contributed by atoms with Crippen molar-refractivity contribution in [3.8, 4) is 0 Å². The summed E-state index contributed by atoms with van der Waals surface area (Å²) in [6.07, 6.45) is 79.4. The zero-order valence-electron chi connectivity index (χ0n) is 46.2. The van der Waals surface area contributed by atoms with E-state index in [0.717, 1.165) is 135 Å². The maximum absolute atomic E-state index is 12.9. The molecule has 0 heterocycles. The largest absolute Gasteiger partial charge is 0.462 e. The Bertz CT molecular complexity index is 1460. The summed E-state index contributed by atoms with van der Waals surface area (Å²) in [5.74, 6) is -0.948. The molecule has 0 N–H and O–H groups in total. The van der Waals surface area contributed by atoms with E-state index in [9.17, 15) is 14.4 Å². The summed E-state index contributed by atoms with van der Waals surface area (Å²) >= 11 is 0. The normalized spacial score (nSPS) is 12.9. The van der Waals surface area contributed by atoms with E-state index in [1.807, 2.05) is 0 Å². The molecule has 0 spiro atoms. The van der Waals surface area contributed by atoms with Crippen LogP contribution in [0.1, 0.15) is 265 Å². The molecule has 0 aliphatic carbocycles. The minimum Gasteiger partial charge on any atom is -0.462 e. The maximum Gasteiger partial charge on any atom is 0.306 e. The molecule has 0 saturated heterocycles. The van der Waals surface area contributed by atoms with E-state index in [1.165, 1.54) is 89.9 Å². The molecule has 0 amide bonds. The molecule has 0 radical (unpaired) electrons. The standard InChI is InChI=1S/C65H108O6/c1-4-7-10-13-16-19-22-25-27-29-30-31-32-33-34-36-37-40-43-46-49-52-55-58-64(67)70-61-62(60-69-63(66)57-54-51-48-45-42-39-24-21-18-15-12-9-6-3)71-65(68)59-56-53-50-47-44-41-38-35-28-26-23-20-17-14-11-8-5-2/h7,9-10,12,16,18-19,21,25,27,30-31,33-34,37,39-40,42,62H,4-6,8,11,13-15,17,20,22-24,26,28-29,32,35-36,38,41,43-61H2,1-3H3/b10-7-,12-9-,19-16-,21-18-,27-25-,31-30-,34-33-,40-37-,42-39-. The van der Waals surface area contributed by atoms with Crippen LogP contribution in [-0.2, 0) is 28.6 Å². The van der Waals surface area contributed by atoms with Gasteiger partial charge in [0.25, 0.3) is 0 Å². The molecule has 6 heteroatoms. The third kappa shape index (κ3) is 56.9. The Balaban J connectivity index is 4.43. The number of rotatable bonds is 52. The highest BCUT2D eigenvalue weighted by Gasteiger charge is 2.19. The van der Waals surface area contributed by atoms with Gasteiger partial charge in [0.1, 0.15) is 13.2 Å². The lowest BCUT2D eigenvalue weighted by atomic mass is 10.0. The number of unbranched alkanes of at least 4 members (excludes halogenated alkanes) is 23. The molecular weight excluding hydrogens is 877 g/mol. The molecule has 0 aromatic rings. The van der Waals surface area contributed by atoms with Crippen molar-refractivity contribution >= 4 is 17.9 Å². The first-order chi connectivity index (χ1) is 35.0. The van der Waals surface area contributed by atoms with E-state index >= 15 is 0 Å². The van der Waals surface area contributed by atoms with Crippen molar-refractivity contribution in [2.75, 3.05) is 13.2 Å². The third-order valence-electron chi connectivity index (χ3n) is 12.3. The fourth-order valence-electron chi connectivity index (χ4n) is 7.93. The molecule has 0 bridgehead atoms. The molecule has 404 valence electrons. The SMILES string of the molecule is CC/C=C\C/C=C\C/C=C\C/C=C\C/C=C\C/C=C\CCCCCCC(=O)OCC(COC(=O)CCCCC/C=C\C/C=C\C/C=C\CC)OC(=O)CCCCCCCCCCCCCCCCCCC. The first kappa shape index (κ1) is 67.1. The van der Waals surface area contributed by atoms with Gasteiger partial charge in [-0.05, 0) is 103 Å². The monoisotopic (exact) mass is 985 g/mol. The Morgan fingerprint density at radius 1 is 0.296 bits per heavy atom. The van der Waals surface area contributed by atoms with E-state index in [0.29, 0.717) is 19.3 Å². The zero-order chi connectivity index (χ0) is 51.4. The minimum absolute atomic E-state index is 0.101. The van der Waals surface area contributed by atoms with Gasteiger partial charge < -0.3 is 14.2 Å². The van der Waals surface area contributed by atoms with Gasteiger partial charge >= 0.3 is 17.9 Å². The molecule has 0 aromatic carbocycles. The smallest absolute Gasteiger partial charge is 0.306 e. The molecule has 0 aliphatic rings. The van der Waals surface area contributed by atoms with E-state index in [2.05, 4.69) is 130 Å². The Kier molecular flexibility index (Phi) is 55.4. The van der Waals surface area contributed by atoms with Crippen LogP contribution in [0.15, 0.2) is 109 Å². The molecule has 1 atom stereocenters. The van der Waals surface area contributed by atoms with Crippen molar-refractivity contribution in [3.63, 3.8) is 0 Å². The van der Waals surface area contributed by atoms with Crippen LogP contribution in [0.2, 0.25) is 0 Å². The number of esters is 3. The molecule has 71 heavy (non-hydrogen) atoms. The van der Waals surface area contributed by atoms with Crippen molar-refractivity contribution in [2.45, 2.75) is 271 Å². The van der Waals surface area contributed by atoms with Gasteiger partial charge in [-0.2, -0.15) is 0 Å². The van der Waals surface area contributed by atoms with E-state index in [-0.39, 0.29) is 31.1 Å². The van der Waals surface area contributed by atoms with Crippen molar-refractivity contribution < 1.29 is 28.6 Å². The Hall–Kier alpha value is -3.93. The van der Waals surface area contributed by atoms with Gasteiger partial charge in [-0.15, -0.1) is 0 Å². The van der Waals surface area contributed by atoms with Crippen molar-refractivity contribution in [3.05, 3.63) is 109 Å². The lowest BCUT2D eigenvalue weighted by Gasteiger charge is -2.18. The summed E-state index contributed by atoms with van der Waals surface area (Å²) in [6, 6.07) is 0. The highest BCUT2D eigenvalue weighted by molar-refractivity contribution is 5.71. The average Bonchev–Trinajstić information content (AvgIpc) is 3.37. The van der Waals surface area contributed by atoms with Crippen molar-refractivity contribution in [2.24, 2.45) is 0 Å². The molecule has 0 aromatic heterocycles. The molecular formula is C65H108O6. The van der Waals surface area contributed by atoms with Crippen LogP contribution in [0.3, 0.4) is 0 Å². The average molecular weight is 986 g/mol. The first-order valence-electron chi connectivity index (χ1n) is 29.4. The van der Waals surface area contributed by atoms with Gasteiger partial charge in [0.05, 0.1) is 0 Å². The summed E-state index contributed by atoms with van der Waals surface area (Å²) in [6.45, 7) is 6.38. The fraction of sp³-hybridized carbons (Fsp3) is 0.677. The quantitative estimate of drug-likeness (QED) is 0.0261. The third-order valence-corrected chi connectivity index (χ3v) is 12.3. The summed E-state index contributed by atoms with van der Waals surface area (Å²) in [5, 5.41) is 0. The molecule has 0 saturated carbocycles. The number of carbonyl (C=O) groups is 3. The zero-order valence-corrected chi connectivity index (χ0v) is 46.2. The van der Waals surface area contributed by atoms with E-state index in [4.69, 9.17) is 14.2 Å². The highest BCUT2D eigenvalue weighted by Crippen LogP contribution is 2.16. The maximum atomic E-state index is 12.9. The van der Waals surface area contributed by atoms with Crippen molar-refractivity contribution in [1.82, 2.24) is 0 Å². The summed E-state index contributed by atoms with van der Waals surface area (Å²) in [4.78, 5) is 38.2. The lowest BCUT2D eigenvalue weighted by molar-refractivity contribution is -0.167. The van der Waals surface area contributed by atoms with Crippen LogP contribution in [0.5, 0.6) is 0 Å². The second-order valence-corrected chi connectivity index (χ2v) is 19.1. The van der Waals surface area contributed by atoms with Crippen LogP contribution in [0.4, 0.5) is 0 Å². The highest BCUT2D eigenvalue weighted by atomic mass is 16.6. The predicted molar refractivity (Wildman–Crippen MR) is 307 cm³/mol. The van der Waals surface area contributed by atoms with Gasteiger partial charge in [-0.3, -0.25) is 14.4 Å². The number of allylic oxidation sites excluding steroid dienone is 18. The fourth-order valence-corrected chi connectivity index (χ4v) is 7.93. The molecule has 0 rings (SSSR count). The first-order valence-corrected chi connectivity index (χ1v) is 29.4. The molecule has 1 unspecified atom stereocenters.